The molecule has 1 heterocycles. The molecule has 1 aliphatic rings. The number of hydrogen-bond acceptors (Lipinski definition) is 3. The summed E-state index contributed by atoms with van der Waals surface area (Å²) in [6.07, 6.45) is 2.47. The highest BCUT2D eigenvalue weighted by Gasteiger charge is 2.29. The highest BCUT2D eigenvalue weighted by Crippen LogP contribution is 2.33. The Balaban J connectivity index is 2.41. The molecule has 0 radical (unpaired) electrons. The Morgan fingerprint density at radius 1 is 1.73 bits per heavy atom. The van der Waals surface area contributed by atoms with Crippen LogP contribution in [0, 0.1) is 5.41 Å². The van der Waals surface area contributed by atoms with Crippen molar-refractivity contribution in [3.63, 3.8) is 0 Å². The predicted molar refractivity (Wildman–Crippen MR) is 54.0 cm³/mol. The van der Waals surface area contributed by atoms with Gasteiger partial charge in [0.2, 0.25) is 4.38 Å². The molecule has 1 nitrogen and oxygen atoms in total. The van der Waals surface area contributed by atoms with Crippen LogP contribution in [0.5, 0.6) is 0 Å². The van der Waals surface area contributed by atoms with Crippen molar-refractivity contribution in [2.75, 3.05) is 12.4 Å². The lowest BCUT2D eigenvalue weighted by molar-refractivity contribution is 0.165. The fourth-order valence-electron chi connectivity index (χ4n) is 1.30. The van der Waals surface area contributed by atoms with Crippen LogP contribution in [0.25, 0.3) is 0 Å². The molecule has 0 N–H and O–H groups in total. The summed E-state index contributed by atoms with van der Waals surface area (Å²) in [4.78, 5) is 0. The minimum atomic E-state index is 0.363. The third-order valence-corrected chi connectivity index (χ3v) is 3.60. The smallest absolute Gasteiger partial charge is 0.220 e. The van der Waals surface area contributed by atoms with Gasteiger partial charge in [-0.3, -0.25) is 0 Å². The van der Waals surface area contributed by atoms with E-state index >= 15 is 0 Å². The van der Waals surface area contributed by atoms with Gasteiger partial charge in [-0.15, -0.1) is 0 Å². The number of thiocarbonyl (C=S) groups is 1. The molecule has 0 amide bonds. The van der Waals surface area contributed by atoms with Crippen LogP contribution in [-0.4, -0.2) is 16.7 Å². The van der Waals surface area contributed by atoms with Crippen LogP contribution in [0.2, 0.25) is 0 Å². The molecule has 0 aromatic rings. The molecule has 0 aromatic heterocycles. The van der Waals surface area contributed by atoms with Gasteiger partial charge in [0.15, 0.2) is 0 Å². The molecule has 1 aliphatic heterocycles. The molecular formula is C8H14OS2. The van der Waals surface area contributed by atoms with E-state index in [9.17, 15) is 0 Å². The van der Waals surface area contributed by atoms with E-state index in [1.54, 1.807) is 11.8 Å². The fourth-order valence-corrected chi connectivity index (χ4v) is 2.37. The minimum Gasteiger partial charge on any atom is -0.478 e. The molecule has 1 rings (SSSR count). The second-order valence-corrected chi connectivity index (χ2v) is 4.97. The molecule has 0 spiro atoms. The van der Waals surface area contributed by atoms with Crippen LogP contribution in [0.3, 0.4) is 0 Å². The van der Waals surface area contributed by atoms with Crippen LogP contribution >= 0.6 is 24.0 Å². The van der Waals surface area contributed by atoms with Gasteiger partial charge in [0.1, 0.15) is 0 Å². The van der Waals surface area contributed by atoms with Crippen molar-refractivity contribution >= 4 is 28.4 Å². The summed E-state index contributed by atoms with van der Waals surface area (Å²) >= 11 is 6.61. The average molecular weight is 190 g/mol. The Labute approximate surface area is 77.9 Å². The zero-order valence-electron chi connectivity index (χ0n) is 7.05. The van der Waals surface area contributed by atoms with Crippen molar-refractivity contribution in [3.05, 3.63) is 0 Å². The summed E-state index contributed by atoms with van der Waals surface area (Å²) < 4.78 is 6.06. The Bertz CT molecular complexity index is 146. The monoisotopic (exact) mass is 190 g/mol. The first-order valence-corrected chi connectivity index (χ1v) is 5.35. The van der Waals surface area contributed by atoms with Gasteiger partial charge in [-0.25, -0.2) is 0 Å². The summed E-state index contributed by atoms with van der Waals surface area (Å²) in [5, 5.41) is 0. The maximum Gasteiger partial charge on any atom is 0.220 e. The number of ether oxygens (including phenoxy) is 1. The van der Waals surface area contributed by atoms with Gasteiger partial charge >= 0.3 is 0 Å². The van der Waals surface area contributed by atoms with Gasteiger partial charge in [0.05, 0.1) is 6.61 Å². The SMILES string of the molecule is CCCC1(C)COC(=S)SC1. The molecule has 64 valence electrons. The van der Waals surface area contributed by atoms with E-state index in [-0.39, 0.29) is 0 Å². The molecule has 1 saturated heterocycles. The van der Waals surface area contributed by atoms with Crippen molar-refractivity contribution in [3.8, 4) is 0 Å². The minimum absolute atomic E-state index is 0.363. The van der Waals surface area contributed by atoms with Crippen molar-refractivity contribution in [1.82, 2.24) is 0 Å². The van der Waals surface area contributed by atoms with Gasteiger partial charge < -0.3 is 4.74 Å². The van der Waals surface area contributed by atoms with Crippen molar-refractivity contribution in [1.29, 1.82) is 0 Å². The highest BCUT2D eigenvalue weighted by molar-refractivity contribution is 8.22. The molecule has 3 heteroatoms. The highest BCUT2D eigenvalue weighted by atomic mass is 32.2. The van der Waals surface area contributed by atoms with E-state index in [4.69, 9.17) is 17.0 Å². The molecule has 1 unspecified atom stereocenters. The van der Waals surface area contributed by atoms with E-state index in [0.29, 0.717) is 5.41 Å². The zero-order chi connectivity index (χ0) is 8.32. The normalized spacial score (nSPS) is 31.6. The first-order chi connectivity index (χ1) is 5.16. The molecule has 0 aromatic carbocycles. The Morgan fingerprint density at radius 3 is 2.91 bits per heavy atom. The lowest BCUT2D eigenvalue weighted by Crippen LogP contribution is -2.31. The standard InChI is InChI=1S/C8H14OS2/c1-3-4-8(2)5-9-7(10)11-6-8/h3-6H2,1-2H3. The number of hydrogen-bond donors (Lipinski definition) is 0. The van der Waals surface area contributed by atoms with Crippen LogP contribution in [0.4, 0.5) is 0 Å². The fraction of sp³-hybridized carbons (Fsp3) is 0.875. The van der Waals surface area contributed by atoms with E-state index in [1.165, 1.54) is 12.8 Å². The largest absolute Gasteiger partial charge is 0.478 e. The van der Waals surface area contributed by atoms with Crippen molar-refractivity contribution in [2.24, 2.45) is 5.41 Å². The summed E-state index contributed by atoms with van der Waals surface area (Å²) in [6, 6.07) is 0. The number of rotatable bonds is 2. The molecule has 0 aliphatic carbocycles. The summed E-state index contributed by atoms with van der Waals surface area (Å²) in [5.41, 5.74) is 0.363. The van der Waals surface area contributed by atoms with Gasteiger partial charge in [-0.05, 0) is 18.6 Å². The van der Waals surface area contributed by atoms with Gasteiger partial charge in [-0.2, -0.15) is 0 Å². The number of thioether (sulfide) groups is 1. The van der Waals surface area contributed by atoms with Gasteiger partial charge in [0.25, 0.3) is 0 Å². The topological polar surface area (TPSA) is 9.23 Å². The third-order valence-electron chi connectivity index (χ3n) is 1.93. The third kappa shape index (κ3) is 2.64. The molecule has 1 atom stereocenters. The molecule has 11 heavy (non-hydrogen) atoms. The van der Waals surface area contributed by atoms with E-state index in [0.717, 1.165) is 16.7 Å². The lowest BCUT2D eigenvalue weighted by atomic mass is 9.89. The average Bonchev–Trinajstić information content (AvgIpc) is 1.97. The summed E-state index contributed by atoms with van der Waals surface area (Å²) in [6.45, 7) is 5.29. The quantitative estimate of drug-likeness (QED) is 0.620. The van der Waals surface area contributed by atoms with E-state index in [1.807, 2.05) is 0 Å². The molecular weight excluding hydrogens is 176 g/mol. The Morgan fingerprint density at radius 2 is 2.45 bits per heavy atom. The first kappa shape index (κ1) is 9.33. The molecule has 0 bridgehead atoms. The summed E-state index contributed by atoms with van der Waals surface area (Å²) in [7, 11) is 0. The lowest BCUT2D eigenvalue weighted by Gasteiger charge is -2.32. The van der Waals surface area contributed by atoms with Crippen LogP contribution in [0.1, 0.15) is 26.7 Å². The van der Waals surface area contributed by atoms with Crippen molar-refractivity contribution in [2.45, 2.75) is 26.7 Å². The van der Waals surface area contributed by atoms with Gasteiger partial charge in [-0.1, -0.05) is 32.0 Å². The van der Waals surface area contributed by atoms with E-state index < -0.39 is 0 Å². The first-order valence-electron chi connectivity index (χ1n) is 3.96. The zero-order valence-corrected chi connectivity index (χ0v) is 8.69. The van der Waals surface area contributed by atoms with Crippen molar-refractivity contribution < 1.29 is 4.74 Å². The molecule has 1 fully saturated rings. The second kappa shape index (κ2) is 3.76. The maximum atomic E-state index is 5.34. The second-order valence-electron chi connectivity index (χ2n) is 3.39. The maximum absolute atomic E-state index is 5.34. The van der Waals surface area contributed by atoms with Crippen LogP contribution in [0.15, 0.2) is 0 Å². The van der Waals surface area contributed by atoms with Crippen LogP contribution < -0.4 is 0 Å². The van der Waals surface area contributed by atoms with E-state index in [2.05, 4.69) is 13.8 Å². The Hall–Kier alpha value is 0.240. The Kier molecular flexibility index (Phi) is 3.19. The van der Waals surface area contributed by atoms with Gasteiger partial charge in [0, 0.05) is 11.2 Å². The predicted octanol–water partition coefficient (Wildman–Crippen LogP) is 2.84. The molecule has 0 saturated carbocycles. The summed E-state index contributed by atoms with van der Waals surface area (Å²) in [5.74, 6) is 1.12. The van der Waals surface area contributed by atoms with Crippen LogP contribution in [-0.2, 0) is 4.74 Å².